The summed E-state index contributed by atoms with van der Waals surface area (Å²) >= 11 is 7.48. The number of aryl methyl sites for hydroxylation is 1. The van der Waals surface area contributed by atoms with Gasteiger partial charge in [-0.15, -0.1) is 11.3 Å². The predicted molar refractivity (Wildman–Crippen MR) is 68.9 cm³/mol. The Labute approximate surface area is 104 Å². The topological polar surface area (TPSA) is 29.9 Å². The summed E-state index contributed by atoms with van der Waals surface area (Å²) in [5.41, 5.74) is 3.33. The monoisotopic (exact) mass is 255 g/mol. The molecule has 5 heteroatoms. The van der Waals surface area contributed by atoms with Crippen molar-refractivity contribution in [1.29, 1.82) is 0 Å². The van der Waals surface area contributed by atoms with E-state index < -0.39 is 0 Å². The van der Waals surface area contributed by atoms with Crippen molar-refractivity contribution >= 4 is 22.9 Å². The van der Waals surface area contributed by atoms with Gasteiger partial charge >= 0.3 is 0 Å². The SMILES string of the molecule is CCNCc1cn(C)nc1-c1csc(Cl)c1. The second-order valence-electron chi connectivity index (χ2n) is 3.60. The molecule has 0 saturated heterocycles. The van der Waals surface area contributed by atoms with E-state index in [-0.39, 0.29) is 0 Å². The standard InChI is InChI=1S/C11H14ClN3S/c1-3-13-5-9-6-15(2)14-11(9)8-4-10(12)16-7-8/h4,6-7,13H,3,5H2,1-2H3. The summed E-state index contributed by atoms with van der Waals surface area (Å²) < 4.78 is 2.64. The van der Waals surface area contributed by atoms with Crippen molar-refractivity contribution in [3.63, 3.8) is 0 Å². The second-order valence-corrected chi connectivity index (χ2v) is 5.14. The van der Waals surface area contributed by atoms with Crippen LogP contribution in [0.4, 0.5) is 0 Å². The van der Waals surface area contributed by atoms with E-state index in [1.165, 1.54) is 16.9 Å². The van der Waals surface area contributed by atoms with E-state index >= 15 is 0 Å². The normalized spacial score (nSPS) is 10.9. The smallest absolute Gasteiger partial charge is 0.0976 e. The highest BCUT2D eigenvalue weighted by molar-refractivity contribution is 7.14. The first-order chi connectivity index (χ1) is 7.70. The number of rotatable bonds is 4. The minimum atomic E-state index is 0.801. The molecule has 0 fully saturated rings. The summed E-state index contributed by atoms with van der Waals surface area (Å²) in [6.07, 6.45) is 2.05. The van der Waals surface area contributed by atoms with Crippen LogP contribution in [-0.4, -0.2) is 16.3 Å². The lowest BCUT2D eigenvalue weighted by Crippen LogP contribution is -2.11. The highest BCUT2D eigenvalue weighted by Crippen LogP contribution is 2.29. The van der Waals surface area contributed by atoms with Gasteiger partial charge in [0.15, 0.2) is 0 Å². The molecule has 0 radical (unpaired) electrons. The molecule has 0 bridgehead atoms. The van der Waals surface area contributed by atoms with Gasteiger partial charge in [-0.3, -0.25) is 4.68 Å². The first-order valence-corrected chi connectivity index (χ1v) is 6.44. The Bertz CT molecular complexity index is 475. The zero-order valence-corrected chi connectivity index (χ0v) is 10.9. The van der Waals surface area contributed by atoms with Crippen LogP contribution >= 0.6 is 22.9 Å². The van der Waals surface area contributed by atoms with Crippen LogP contribution in [0.25, 0.3) is 11.3 Å². The molecule has 16 heavy (non-hydrogen) atoms. The number of thiophene rings is 1. The van der Waals surface area contributed by atoms with Gasteiger partial charge in [0.1, 0.15) is 0 Å². The average Bonchev–Trinajstić information content (AvgIpc) is 2.81. The molecule has 86 valence electrons. The molecule has 0 aliphatic carbocycles. The molecule has 2 aromatic heterocycles. The van der Waals surface area contributed by atoms with E-state index in [0.717, 1.165) is 28.7 Å². The molecule has 2 aromatic rings. The van der Waals surface area contributed by atoms with Crippen LogP contribution in [0.1, 0.15) is 12.5 Å². The Kier molecular flexibility index (Phi) is 3.63. The van der Waals surface area contributed by atoms with Crippen molar-refractivity contribution < 1.29 is 0 Å². The van der Waals surface area contributed by atoms with Crippen molar-refractivity contribution in [2.75, 3.05) is 6.54 Å². The van der Waals surface area contributed by atoms with Crippen LogP contribution in [0.5, 0.6) is 0 Å². The van der Waals surface area contributed by atoms with Gasteiger partial charge in [-0.1, -0.05) is 18.5 Å². The lowest BCUT2D eigenvalue weighted by atomic mass is 10.1. The molecule has 0 unspecified atom stereocenters. The van der Waals surface area contributed by atoms with Crippen molar-refractivity contribution in [2.24, 2.45) is 7.05 Å². The molecule has 2 rings (SSSR count). The van der Waals surface area contributed by atoms with E-state index in [4.69, 9.17) is 11.6 Å². The van der Waals surface area contributed by atoms with E-state index in [9.17, 15) is 0 Å². The van der Waals surface area contributed by atoms with Crippen LogP contribution in [-0.2, 0) is 13.6 Å². The number of halogens is 1. The molecule has 0 spiro atoms. The van der Waals surface area contributed by atoms with E-state index in [2.05, 4.69) is 17.3 Å². The molecule has 0 aliphatic rings. The van der Waals surface area contributed by atoms with E-state index in [1.54, 1.807) is 0 Å². The summed E-state index contributed by atoms with van der Waals surface area (Å²) in [4.78, 5) is 0. The summed E-state index contributed by atoms with van der Waals surface area (Å²) in [6, 6.07) is 1.96. The van der Waals surface area contributed by atoms with Crippen molar-refractivity contribution in [2.45, 2.75) is 13.5 Å². The summed E-state index contributed by atoms with van der Waals surface area (Å²) in [5, 5.41) is 9.83. The number of nitrogens with zero attached hydrogens (tertiary/aromatic N) is 2. The van der Waals surface area contributed by atoms with Crippen LogP contribution in [0, 0.1) is 0 Å². The van der Waals surface area contributed by atoms with Gasteiger partial charge in [0.25, 0.3) is 0 Å². The first-order valence-electron chi connectivity index (χ1n) is 5.18. The molecular formula is C11H14ClN3S. The third-order valence-corrected chi connectivity index (χ3v) is 3.40. The fourth-order valence-corrected chi connectivity index (χ4v) is 2.47. The zero-order chi connectivity index (χ0) is 11.5. The fourth-order valence-electron chi connectivity index (χ4n) is 1.60. The first kappa shape index (κ1) is 11.6. The summed E-state index contributed by atoms with van der Waals surface area (Å²) in [7, 11) is 1.94. The van der Waals surface area contributed by atoms with Gasteiger partial charge < -0.3 is 5.32 Å². The lowest BCUT2D eigenvalue weighted by Gasteiger charge is -2.00. The van der Waals surface area contributed by atoms with E-state index in [0.29, 0.717) is 0 Å². The molecular weight excluding hydrogens is 242 g/mol. The van der Waals surface area contributed by atoms with E-state index in [1.807, 2.05) is 29.4 Å². The quantitative estimate of drug-likeness (QED) is 0.911. The molecule has 0 aromatic carbocycles. The molecule has 0 amide bonds. The van der Waals surface area contributed by atoms with Crippen LogP contribution in [0.2, 0.25) is 4.34 Å². The lowest BCUT2D eigenvalue weighted by molar-refractivity contribution is 0.724. The molecule has 3 nitrogen and oxygen atoms in total. The number of nitrogens with one attached hydrogen (secondary N) is 1. The maximum absolute atomic E-state index is 5.94. The van der Waals surface area contributed by atoms with Gasteiger partial charge in [0.2, 0.25) is 0 Å². The average molecular weight is 256 g/mol. The van der Waals surface area contributed by atoms with Crippen LogP contribution in [0.3, 0.4) is 0 Å². The van der Waals surface area contributed by atoms with Gasteiger partial charge in [0, 0.05) is 36.3 Å². The van der Waals surface area contributed by atoms with Crippen molar-refractivity contribution in [1.82, 2.24) is 15.1 Å². The molecule has 2 heterocycles. The largest absolute Gasteiger partial charge is 0.313 e. The maximum Gasteiger partial charge on any atom is 0.0976 e. The Morgan fingerprint density at radius 1 is 1.56 bits per heavy atom. The number of hydrogen-bond acceptors (Lipinski definition) is 3. The highest BCUT2D eigenvalue weighted by Gasteiger charge is 2.11. The summed E-state index contributed by atoms with van der Waals surface area (Å²) in [6.45, 7) is 3.89. The van der Waals surface area contributed by atoms with Gasteiger partial charge in [0.05, 0.1) is 10.0 Å². The fraction of sp³-hybridized carbons (Fsp3) is 0.364. The molecule has 0 atom stereocenters. The Morgan fingerprint density at radius 2 is 2.38 bits per heavy atom. The third-order valence-electron chi connectivity index (χ3n) is 2.31. The minimum absolute atomic E-state index is 0.801. The Hall–Kier alpha value is -0.840. The Morgan fingerprint density at radius 3 is 3.00 bits per heavy atom. The van der Waals surface area contributed by atoms with Gasteiger partial charge in [-0.05, 0) is 12.6 Å². The maximum atomic E-state index is 5.94. The van der Waals surface area contributed by atoms with Crippen molar-refractivity contribution in [3.8, 4) is 11.3 Å². The second kappa shape index (κ2) is 4.99. The molecule has 0 saturated carbocycles. The highest BCUT2D eigenvalue weighted by atomic mass is 35.5. The zero-order valence-electron chi connectivity index (χ0n) is 9.33. The van der Waals surface area contributed by atoms with Crippen LogP contribution < -0.4 is 5.32 Å². The number of hydrogen-bond donors (Lipinski definition) is 1. The summed E-state index contributed by atoms with van der Waals surface area (Å²) in [5.74, 6) is 0. The number of aromatic nitrogens is 2. The van der Waals surface area contributed by atoms with Crippen LogP contribution in [0.15, 0.2) is 17.6 Å². The third kappa shape index (κ3) is 2.45. The molecule has 0 aliphatic heterocycles. The van der Waals surface area contributed by atoms with Gasteiger partial charge in [-0.2, -0.15) is 5.10 Å². The predicted octanol–water partition coefficient (Wildman–Crippen LogP) is 2.91. The molecule has 1 N–H and O–H groups in total. The minimum Gasteiger partial charge on any atom is -0.313 e. The van der Waals surface area contributed by atoms with Gasteiger partial charge in [-0.25, -0.2) is 0 Å². The Balaban J connectivity index is 2.32. The van der Waals surface area contributed by atoms with Crippen molar-refractivity contribution in [3.05, 3.63) is 27.5 Å².